The van der Waals surface area contributed by atoms with Gasteiger partial charge in [-0.1, -0.05) is 22.1 Å². The molecule has 4 aliphatic rings. The molecule has 550 valence electrons. The molecule has 3 aromatic heterocycles. The van der Waals surface area contributed by atoms with Gasteiger partial charge < -0.3 is 129 Å². The van der Waals surface area contributed by atoms with Crippen molar-refractivity contribution in [3.05, 3.63) is 47.6 Å². The predicted octanol–water partition coefficient (Wildman–Crippen LogP) is -7.05. The van der Waals surface area contributed by atoms with Gasteiger partial charge in [0.1, 0.15) is 48.8 Å². The molecule has 96 heavy (non-hydrogen) atoms. The lowest BCUT2D eigenvalue weighted by Gasteiger charge is -2.36. The van der Waals surface area contributed by atoms with Crippen molar-refractivity contribution in [2.45, 2.75) is 196 Å². The molecule has 4 fully saturated rings. The SMILES string of the molecule is CC(CCCCN(C/C(N)=C/N(N)CCOCCOC1CC(O)C(O)C(CO)O1)Cc1cn(CCOCCOC2CC(O)C(O)C(CO)O2)nn1)N(Cc1cn(CCOCCOC2CC(O)C(O)C(CO)O2)nn1)Cc1cn(CCOCCOC2CC(O)C(O)C(CO)O2)nn1. The zero-order chi connectivity index (χ0) is 68.8. The number of hydrogen-bond donors (Lipinski definition) is 14. The first kappa shape index (κ1) is 79.0. The lowest BCUT2D eigenvalue weighted by Crippen LogP contribution is -2.50. The van der Waals surface area contributed by atoms with Crippen LogP contribution in [0.15, 0.2) is 30.5 Å². The van der Waals surface area contributed by atoms with Gasteiger partial charge in [-0.2, -0.15) is 0 Å². The van der Waals surface area contributed by atoms with Crippen LogP contribution in [-0.4, -0.2) is 351 Å². The largest absolute Gasteiger partial charge is 0.400 e. The van der Waals surface area contributed by atoms with Crippen LogP contribution in [0.1, 0.15) is 69.0 Å². The molecule has 38 heteroatoms. The summed E-state index contributed by atoms with van der Waals surface area (Å²) in [5.41, 5.74) is 9.26. The first-order chi connectivity index (χ1) is 46.4. The van der Waals surface area contributed by atoms with Crippen LogP contribution >= 0.6 is 0 Å². The maximum atomic E-state index is 10.1. The molecule has 17 unspecified atom stereocenters. The van der Waals surface area contributed by atoms with E-state index in [0.717, 1.165) is 19.3 Å². The molecule has 0 aromatic carbocycles. The van der Waals surface area contributed by atoms with E-state index in [1.165, 1.54) is 5.01 Å². The zero-order valence-electron chi connectivity index (χ0n) is 54.5. The standard InChI is InChI=1S/C58H104N14O24/c1-38(68(29-41-32-71(65-62-41)8-12-87-16-20-91-53-24-45(79)57(83)49(36-75)95-53)30-42-33-72(66-63-42)9-13-88-17-21-92-54-25-46(80)58(84)50(37-76)96-54)4-2-3-5-67(26-39(59)27-69(60)6-10-85-14-18-89-51-22-43(77)55(81)47(34-73)93-51)28-40-31-70(64-61-40)7-11-86-15-19-90-52-23-44(78)56(82)48(35-74)94-52/h27,31-33,38,43-58,73-84H,2-26,28-30,34-37,59-60H2,1H3/b39-27-. The third-order valence-corrected chi connectivity index (χ3v) is 16.5. The number of rotatable bonds is 47. The molecule has 0 radical (unpaired) electrons. The summed E-state index contributed by atoms with van der Waals surface area (Å²) in [4.78, 5) is 4.41. The Hall–Kier alpha value is -4.32. The van der Waals surface area contributed by atoms with Crippen molar-refractivity contribution in [1.29, 1.82) is 0 Å². The molecule has 0 saturated carbocycles. The van der Waals surface area contributed by atoms with Gasteiger partial charge in [0.25, 0.3) is 0 Å². The van der Waals surface area contributed by atoms with Crippen LogP contribution in [0.4, 0.5) is 0 Å². The summed E-state index contributed by atoms with van der Waals surface area (Å²) in [6.07, 6.45) is -6.38. The van der Waals surface area contributed by atoms with Crippen LogP contribution in [0.25, 0.3) is 0 Å². The molecule has 0 bridgehead atoms. The quantitative estimate of drug-likeness (QED) is 0.0142. The van der Waals surface area contributed by atoms with Crippen molar-refractivity contribution in [1.82, 2.24) is 59.8 Å². The molecule has 16 N–H and O–H groups in total. The number of nitrogens with two attached hydrogens (primary N) is 2. The minimum atomic E-state index is -1.21. The number of hydrazine groups is 1. The van der Waals surface area contributed by atoms with Gasteiger partial charge in [0.05, 0.1) is 173 Å². The Morgan fingerprint density at radius 2 is 0.844 bits per heavy atom. The van der Waals surface area contributed by atoms with Crippen LogP contribution in [-0.2, 0) is 96.1 Å². The van der Waals surface area contributed by atoms with Gasteiger partial charge in [-0.15, -0.1) is 15.3 Å². The van der Waals surface area contributed by atoms with E-state index in [2.05, 4.69) is 47.7 Å². The van der Waals surface area contributed by atoms with E-state index in [0.29, 0.717) is 102 Å². The number of ether oxygens (including phenoxy) is 12. The van der Waals surface area contributed by atoms with E-state index in [4.69, 9.17) is 68.4 Å². The summed E-state index contributed by atoms with van der Waals surface area (Å²) in [7, 11) is 0. The van der Waals surface area contributed by atoms with E-state index in [1.807, 2.05) is 18.6 Å². The summed E-state index contributed by atoms with van der Waals surface area (Å²) in [6.45, 7) is 6.56. The van der Waals surface area contributed by atoms with Crippen molar-refractivity contribution >= 4 is 0 Å². The second-order valence-electron chi connectivity index (χ2n) is 24.1. The highest BCUT2D eigenvalue weighted by Gasteiger charge is 2.40. The second kappa shape index (κ2) is 42.7. The van der Waals surface area contributed by atoms with Gasteiger partial charge in [0, 0.05) is 88.4 Å². The molecule has 7 rings (SSSR count). The Bertz CT molecular complexity index is 2500. The van der Waals surface area contributed by atoms with Crippen molar-refractivity contribution < 1.29 is 118 Å². The molecule has 38 nitrogen and oxygen atoms in total. The zero-order valence-corrected chi connectivity index (χ0v) is 54.5. The summed E-state index contributed by atoms with van der Waals surface area (Å²) < 4.78 is 72.9. The first-order valence-electron chi connectivity index (χ1n) is 32.8. The number of hydrogen-bond acceptors (Lipinski definition) is 35. The highest BCUT2D eigenvalue weighted by Crippen LogP contribution is 2.25. The van der Waals surface area contributed by atoms with Crippen LogP contribution in [0, 0.1) is 0 Å². The van der Waals surface area contributed by atoms with Crippen LogP contribution in [0.3, 0.4) is 0 Å². The smallest absolute Gasteiger partial charge is 0.160 e. The van der Waals surface area contributed by atoms with Crippen LogP contribution in [0.2, 0.25) is 0 Å². The summed E-state index contributed by atoms with van der Waals surface area (Å²) in [5.74, 6) is 6.36. The fourth-order valence-corrected chi connectivity index (χ4v) is 11.0. The van der Waals surface area contributed by atoms with Crippen molar-refractivity contribution in [3.8, 4) is 0 Å². The minimum Gasteiger partial charge on any atom is -0.400 e. The monoisotopic (exact) mass is 1380 g/mol. The Balaban J connectivity index is 0.909. The van der Waals surface area contributed by atoms with Gasteiger partial charge in [-0.25, -0.2) is 19.9 Å². The Labute approximate surface area is 556 Å². The molecule has 0 spiro atoms. The third-order valence-electron chi connectivity index (χ3n) is 16.5. The fraction of sp³-hybridized carbons (Fsp3) is 0.862. The lowest BCUT2D eigenvalue weighted by atomic mass is 10.0. The molecule has 4 saturated heterocycles. The van der Waals surface area contributed by atoms with Gasteiger partial charge in [0.2, 0.25) is 0 Å². The molecular weight excluding hydrogens is 1280 g/mol. The number of unbranched alkanes of at least 4 members (excludes halogenated alkanes) is 1. The Morgan fingerprint density at radius 1 is 0.500 bits per heavy atom. The van der Waals surface area contributed by atoms with Gasteiger partial charge in [0.15, 0.2) is 25.2 Å². The van der Waals surface area contributed by atoms with Gasteiger partial charge >= 0.3 is 0 Å². The van der Waals surface area contributed by atoms with Crippen molar-refractivity contribution in [2.24, 2.45) is 11.6 Å². The second-order valence-corrected chi connectivity index (χ2v) is 24.1. The molecule has 0 aliphatic carbocycles. The maximum Gasteiger partial charge on any atom is 0.160 e. The van der Waals surface area contributed by atoms with E-state index in [-0.39, 0.29) is 91.2 Å². The number of aliphatic hydroxyl groups excluding tert-OH is 12. The first-order valence-corrected chi connectivity index (χ1v) is 32.8. The average Bonchev–Trinajstić information content (AvgIpc) is 1.42. The molecule has 17 atom stereocenters. The normalized spacial score (nSPS) is 28.7. The van der Waals surface area contributed by atoms with Crippen LogP contribution in [0.5, 0.6) is 0 Å². The Morgan fingerprint density at radius 3 is 1.20 bits per heavy atom. The third kappa shape index (κ3) is 27.0. The van der Waals surface area contributed by atoms with Crippen molar-refractivity contribution in [2.75, 3.05) is 125 Å². The Kier molecular flexibility index (Phi) is 35.1. The number of aliphatic hydroxyl groups is 12. The molecule has 4 aliphatic heterocycles. The van der Waals surface area contributed by atoms with Gasteiger partial charge in [-0.05, 0) is 26.3 Å². The fourth-order valence-electron chi connectivity index (χ4n) is 11.0. The summed E-state index contributed by atoms with van der Waals surface area (Å²) in [6, 6.07) is 0.0104. The van der Waals surface area contributed by atoms with E-state index in [1.54, 1.807) is 20.2 Å². The highest BCUT2D eigenvalue weighted by molar-refractivity contribution is 5.01. The highest BCUT2D eigenvalue weighted by atomic mass is 16.7. The lowest BCUT2D eigenvalue weighted by molar-refractivity contribution is -0.259. The van der Waals surface area contributed by atoms with Crippen molar-refractivity contribution in [3.63, 3.8) is 0 Å². The van der Waals surface area contributed by atoms with E-state index in [9.17, 15) is 61.3 Å². The van der Waals surface area contributed by atoms with Crippen LogP contribution < -0.4 is 11.6 Å². The van der Waals surface area contributed by atoms with E-state index >= 15 is 0 Å². The summed E-state index contributed by atoms with van der Waals surface area (Å²) in [5, 5.41) is 146. The summed E-state index contributed by atoms with van der Waals surface area (Å²) >= 11 is 0. The molecular formula is C58H104N14O24. The maximum absolute atomic E-state index is 10.1. The van der Waals surface area contributed by atoms with E-state index < -0.39 is 125 Å². The minimum absolute atomic E-state index is 0.0104. The molecule has 3 aromatic rings. The number of aromatic nitrogens is 9. The predicted molar refractivity (Wildman–Crippen MR) is 328 cm³/mol. The molecule has 7 heterocycles. The van der Waals surface area contributed by atoms with Gasteiger partial charge in [-0.3, -0.25) is 9.80 Å². The topological polar surface area (TPSA) is 507 Å². The average molecular weight is 1380 g/mol. The molecule has 0 amide bonds. The number of nitrogens with zero attached hydrogens (tertiary/aromatic N) is 12.